The van der Waals surface area contributed by atoms with E-state index in [9.17, 15) is 19.7 Å². The van der Waals surface area contributed by atoms with Gasteiger partial charge in [-0.05, 0) is 29.3 Å². The molecule has 1 heterocycles. The minimum Gasteiger partial charge on any atom is -0.491 e. The van der Waals surface area contributed by atoms with Crippen LogP contribution in [0.25, 0.3) is 10.8 Å². The van der Waals surface area contributed by atoms with Gasteiger partial charge in [-0.2, -0.15) is 0 Å². The second kappa shape index (κ2) is 7.47. The van der Waals surface area contributed by atoms with Crippen molar-refractivity contribution in [1.29, 1.82) is 0 Å². The topological polar surface area (TPSA) is 102 Å². The van der Waals surface area contributed by atoms with Crippen LogP contribution in [0.15, 0.2) is 66.7 Å². The second-order valence-electron chi connectivity index (χ2n) is 7.14. The smallest absolute Gasteiger partial charge is 0.325 e. The molecule has 1 atom stereocenters. The van der Waals surface area contributed by atoms with E-state index in [2.05, 4.69) is 5.32 Å². The van der Waals surface area contributed by atoms with E-state index in [0.717, 1.165) is 21.2 Å². The predicted octanol–water partition coefficient (Wildman–Crippen LogP) is 3.59. The first-order valence-corrected chi connectivity index (χ1v) is 9.40. The summed E-state index contributed by atoms with van der Waals surface area (Å²) in [5.74, 6) is -0.0698. The van der Waals surface area contributed by atoms with E-state index in [-0.39, 0.29) is 24.7 Å². The second-order valence-corrected chi connectivity index (χ2v) is 7.14. The van der Waals surface area contributed by atoms with E-state index >= 15 is 0 Å². The van der Waals surface area contributed by atoms with Gasteiger partial charge in [-0.3, -0.25) is 19.8 Å². The molecule has 1 aliphatic heterocycles. The Morgan fingerprint density at radius 2 is 1.80 bits per heavy atom. The fraction of sp³-hybridized carbons (Fsp3) is 0.182. The molecule has 1 N–H and O–H groups in total. The number of rotatable bonds is 6. The van der Waals surface area contributed by atoms with E-state index < -0.39 is 16.5 Å². The number of ether oxygens (including phenoxy) is 1. The van der Waals surface area contributed by atoms with Crippen LogP contribution in [0.5, 0.6) is 5.75 Å². The zero-order chi connectivity index (χ0) is 21.3. The average molecular weight is 405 g/mol. The summed E-state index contributed by atoms with van der Waals surface area (Å²) in [7, 11) is 0. The Balaban J connectivity index is 1.51. The molecule has 4 rings (SSSR count). The number of nitrogens with one attached hydrogen (secondary N) is 1. The van der Waals surface area contributed by atoms with Crippen molar-refractivity contribution >= 4 is 28.4 Å². The number of nitro groups is 1. The summed E-state index contributed by atoms with van der Waals surface area (Å²) in [6.07, 6.45) is 0. The van der Waals surface area contributed by atoms with Gasteiger partial charge in [-0.1, -0.05) is 48.5 Å². The van der Waals surface area contributed by atoms with Crippen molar-refractivity contribution in [2.45, 2.75) is 12.5 Å². The van der Waals surface area contributed by atoms with Crippen molar-refractivity contribution in [3.63, 3.8) is 0 Å². The van der Waals surface area contributed by atoms with E-state index in [1.807, 2.05) is 42.5 Å². The third kappa shape index (κ3) is 3.32. The van der Waals surface area contributed by atoms with Crippen LogP contribution in [0.3, 0.4) is 0 Å². The Kier molecular flexibility index (Phi) is 4.83. The number of imide groups is 1. The van der Waals surface area contributed by atoms with Crippen molar-refractivity contribution in [2.24, 2.45) is 0 Å². The first-order chi connectivity index (χ1) is 14.4. The molecule has 0 radical (unpaired) electrons. The number of nitrogens with zero attached hydrogens (tertiary/aromatic N) is 2. The van der Waals surface area contributed by atoms with Gasteiger partial charge in [0.05, 0.1) is 17.5 Å². The molecule has 3 aromatic rings. The third-order valence-corrected chi connectivity index (χ3v) is 5.22. The molecule has 3 aromatic carbocycles. The maximum Gasteiger partial charge on any atom is 0.325 e. The summed E-state index contributed by atoms with van der Waals surface area (Å²) in [5.41, 5.74) is -0.559. The maximum atomic E-state index is 13.2. The van der Waals surface area contributed by atoms with E-state index in [4.69, 9.17) is 4.74 Å². The number of benzene rings is 3. The molecule has 0 bridgehead atoms. The maximum absolute atomic E-state index is 13.2. The van der Waals surface area contributed by atoms with Crippen LogP contribution in [-0.4, -0.2) is 34.9 Å². The highest BCUT2D eigenvalue weighted by molar-refractivity contribution is 6.09. The molecule has 1 fully saturated rings. The highest BCUT2D eigenvalue weighted by Gasteiger charge is 2.49. The SMILES string of the molecule is C[C@]1(c2cccc3ccccc23)NC(=O)N(CCOc2cccc([N+](=O)[O-])c2)C1=O. The fourth-order valence-corrected chi connectivity index (χ4v) is 3.69. The molecule has 1 aliphatic rings. The summed E-state index contributed by atoms with van der Waals surface area (Å²) in [4.78, 5) is 37.2. The lowest BCUT2D eigenvalue weighted by Gasteiger charge is -2.24. The number of hydrogen-bond donors (Lipinski definition) is 1. The van der Waals surface area contributed by atoms with Crippen molar-refractivity contribution in [2.75, 3.05) is 13.2 Å². The predicted molar refractivity (Wildman–Crippen MR) is 110 cm³/mol. The number of carbonyl (C=O) groups excluding carboxylic acids is 2. The monoisotopic (exact) mass is 405 g/mol. The Morgan fingerprint density at radius 3 is 2.60 bits per heavy atom. The van der Waals surface area contributed by atoms with Crippen LogP contribution < -0.4 is 10.1 Å². The molecule has 0 aromatic heterocycles. The molecule has 152 valence electrons. The molecular formula is C22H19N3O5. The van der Waals surface area contributed by atoms with Crippen LogP contribution >= 0.6 is 0 Å². The molecule has 0 aliphatic carbocycles. The van der Waals surface area contributed by atoms with Gasteiger partial charge in [0.2, 0.25) is 0 Å². The fourth-order valence-electron chi connectivity index (χ4n) is 3.69. The summed E-state index contributed by atoms with van der Waals surface area (Å²) in [6, 6.07) is 18.6. The minimum atomic E-state index is -1.19. The van der Waals surface area contributed by atoms with Gasteiger partial charge in [0.1, 0.15) is 17.9 Å². The van der Waals surface area contributed by atoms with E-state index in [0.29, 0.717) is 5.75 Å². The molecule has 30 heavy (non-hydrogen) atoms. The van der Waals surface area contributed by atoms with Crippen molar-refractivity contribution < 1.29 is 19.2 Å². The Labute approximate surface area is 172 Å². The van der Waals surface area contributed by atoms with Gasteiger partial charge in [0.25, 0.3) is 11.6 Å². The molecule has 0 unspecified atom stereocenters. The van der Waals surface area contributed by atoms with Crippen molar-refractivity contribution in [3.05, 3.63) is 82.4 Å². The van der Waals surface area contributed by atoms with E-state index in [1.54, 1.807) is 13.0 Å². The summed E-state index contributed by atoms with van der Waals surface area (Å²) >= 11 is 0. The number of amides is 3. The molecule has 8 nitrogen and oxygen atoms in total. The number of non-ortho nitro benzene ring substituents is 1. The van der Waals surface area contributed by atoms with Gasteiger partial charge in [-0.15, -0.1) is 0 Å². The molecule has 3 amide bonds. The Morgan fingerprint density at radius 1 is 1.07 bits per heavy atom. The van der Waals surface area contributed by atoms with Gasteiger partial charge >= 0.3 is 6.03 Å². The zero-order valence-electron chi connectivity index (χ0n) is 16.2. The van der Waals surface area contributed by atoms with Crippen molar-refractivity contribution in [1.82, 2.24) is 10.2 Å². The number of nitro benzene ring substituents is 1. The van der Waals surface area contributed by atoms with Gasteiger partial charge < -0.3 is 10.1 Å². The van der Waals surface area contributed by atoms with Crippen LogP contribution in [0.2, 0.25) is 0 Å². The first kappa shape index (κ1) is 19.4. The Bertz CT molecular complexity index is 1160. The average Bonchev–Trinajstić information content (AvgIpc) is 2.97. The third-order valence-electron chi connectivity index (χ3n) is 5.22. The largest absolute Gasteiger partial charge is 0.491 e. The van der Waals surface area contributed by atoms with Crippen molar-refractivity contribution in [3.8, 4) is 5.75 Å². The quantitative estimate of drug-likeness (QED) is 0.384. The first-order valence-electron chi connectivity index (χ1n) is 9.40. The lowest BCUT2D eigenvalue weighted by molar-refractivity contribution is -0.384. The van der Waals surface area contributed by atoms with Gasteiger partial charge in [0.15, 0.2) is 0 Å². The lowest BCUT2D eigenvalue weighted by Crippen LogP contribution is -2.41. The zero-order valence-corrected chi connectivity index (χ0v) is 16.2. The number of carbonyl (C=O) groups is 2. The highest BCUT2D eigenvalue weighted by Crippen LogP contribution is 2.33. The van der Waals surface area contributed by atoms with Gasteiger partial charge in [-0.25, -0.2) is 4.79 Å². The van der Waals surface area contributed by atoms with Crippen LogP contribution in [-0.2, 0) is 10.3 Å². The summed E-state index contributed by atoms with van der Waals surface area (Å²) in [6.45, 7) is 1.73. The van der Waals surface area contributed by atoms with Crippen LogP contribution in [0.1, 0.15) is 12.5 Å². The highest BCUT2D eigenvalue weighted by atomic mass is 16.6. The summed E-state index contributed by atoms with van der Waals surface area (Å²) in [5, 5.41) is 15.5. The number of hydrogen-bond acceptors (Lipinski definition) is 5. The van der Waals surface area contributed by atoms with Crippen LogP contribution in [0.4, 0.5) is 10.5 Å². The normalized spacial score (nSPS) is 18.5. The summed E-state index contributed by atoms with van der Waals surface area (Å²) < 4.78 is 5.52. The molecule has 8 heteroatoms. The van der Waals surface area contributed by atoms with Crippen LogP contribution in [0, 0.1) is 10.1 Å². The Hall–Kier alpha value is -3.94. The molecular weight excluding hydrogens is 386 g/mol. The van der Waals surface area contributed by atoms with E-state index in [1.165, 1.54) is 18.2 Å². The number of urea groups is 1. The standard InChI is InChI=1S/C22H19N3O5/c1-22(19-11-4-7-15-6-2-3-10-18(15)19)20(26)24(21(27)23-22)12-13-30-17-9-5-8-16(14-17)25(28)29/h2-11,14H,12-13H2,1H3,(H,23,27)/t22-/m1/s1. The lowest BCUT2D eigenvalue weighted by atomic mass is 9.88. The van der Waals surface area contributed by atoms with Gasteiger partial charge in [0, 0.05) is 6.07 Å². The molecule has 0 saturated carbocycles. The number of fused-ring (bicyclic) bond motifs is 1. The molecule has 0 spiro atoms. The minimum absolute atomic E-state index is 0.0198. The molecule has 1 saturated heterocycles.